The molecule has 3 heterocycles. The number of anilines is 1. The number of nitrogens with one attached hydrogen (secondary N) is 1. The average molecular weight is 376 g/mol. The third kappa shape index (κ3) is 3.86. The Hall–Kier alpha value is -2.70. The summed E-state index contributed by atoms with van der Waals surface area (Å²) in [5.41, 5.74) is 4.44. The molecule has 0 fully saturated rings. The van der Waals surface area contributed by atoms with Gasteiger partial charge in [0.25, 0.3) is 0 Å². The number of aromatic nitrogens is 2. The maximum atomic E-state index is 11.5. The molecule has 0 radical (unpaired) electrons. The number of nitrogens with zero attached hydrogens (tertiary/aromatic N) is 3. The van der Waals surface area contributed by atoms with E-state index in [9.17, 15) is 4.04 Å². The van der Waals surface area contributed by atoms with Gasteiger partial charge >= 0.3 is 115 Å². The van der Waals surface area contributed by atoms with Gasteiger partial charge in [-0.1, -0.05) is 0 Å². The number of hydrogen-bond acceptors (Lipinski definition) is 5. The van der Waals surface area contributed by atoms with Crippen molar-refractivity contribution in [3.05, 3.63) is 77.6 Å². The molecule has 0 amide bonds. The third-order valence-electron chi connectivity index (χ3n) is 4.61. The second-order valence-corrected chi connectivity index (χ2v) is 7.93. The van der Waals surface area contributed by atoms with Crippen LogP contribution < -0.4 is 5.32 Å². The minimum atomic E-state index is -0.952. The fourth-order valence-electron chi connectivity index (χ4n) is 3.04. The van der Waals surface area contributed by atoms with Crippen LogP contribution in [0.25, 0.3) is 0 Å². The van der Waals surface area contributed by atoms with Crippen molar-refractivity contribution in [1.29, 1.82) is 0 Å². The average Bonchev–Trinajstić information content (AvgIpc) is 2.67. The zero-order chi connectivity index (χ0) is 18.8. The van der Waals surface area contributed by atoms with Crippen LogP contribution in [0.1, 0.15) is 29.7 Å². The summed E-state index contributed by atoms with van der Waals surface area (Å²) in [6.07, 6.45) is 6.09. The Bertz CT molecular complexity index is 1070. The van der Waals surface area contributed by atoms with Crippen LogP contribution in [0.3, 0.4) is 0 Å². The van der Waals surface area contributed by atoms with Crippen molar-refractivity contribution >= 4 is 28.0 Å². The van der Waals surface area contributed by atoms with Crippen molar-refractivity contribution in [2.75, 3.05) is 11.6 Å². The van der Waals surface area contributed by atoms with E-state index in [0.717, 1.165) is 45.4 Å². The molecule has 4 rings (SSSR count). The quantitative estimate of drug-likeness (QED) is 0.534. The zero-order valence-corrected chi connectivity index (χ0v) is 16.0. The predicted octanol–water partition coefficient (Wildman–Crippen LogP) is 4.28. The first-order chi connectivity index (χ1) is 13.1. The molecule has 0 saturated heterocycles. The van der Waals surface area contributed by atoms with E-state index < -0.39 is 10.6 Å². The van der Waals surface area contributed by atoms with Crippen molar-refractivity contribution in [2.45, 2.75) is 24.3 Å². The van der Waals surface area contributed by atoms with Crippen molar-refractivity contribution in [2.24, 2.45) is 4.99 Å². The van der Waals surface area contributed by atoms with Crippen LogP contribution in [-0.4, -0.2) is 21.9 Å². The topological polar surface area (TPSA) is 70.1 Å². The molecule has 0 saturated carbocycles. The summed E-state index contributed by atoms with van der Waals surface area (Å²) in [5, 5.41) is 3.40. The normalized spacial score (nSPS) is 13.5. The Morgan fingerprint density at radius 3 is 2.56 bits per heavy atom. The van der Waals surface area contributed by atoms with E-state index in [2.05, 4.69) is 39.3 Å². The molecular formula is C21H20N4OS. The van der Waals surface area contributed by atoms with Crippen LogP contribution in [0, 0.1) is 0 Å². The molecule has 1 aliphatic heterocycles. The first kappa shape index (κ1) is 17.7. The van der Waals surface area contributed by atoms with E-state index in [0.29, 0.717) is 0 Å². The molecule has 3 aromatic rings. The van der Waals surface area contributed by atoms with Crippen LogP contribution in [0.5, 0.6) is 0 Å². The molecule has 1 N–H and O–H groups in total. The van der Waals surface area contributed by atoms with Crippen LogP contribution in [0.2, 0.25) is 0 Å². The van der Waals surface area contributed by atoms with Gasteiger partial charge in [0, 0.05) is 11.8 Å². The number of fused-ring (bicyclic) bond motifs is 1. The molecule has 5 nitrogen and oxygen atoms in total. The summed E-state index contributed by atoms with van der Waals surface area (Å²) in [5.74, 6) is 1.65. The van der Waals surface area contributed by atoms with Gasteiger partial charge in [-0.15, -0.1) is 0 Å². The standard InChI is InChI=1S/C21H20N4OS/c1-14(16-6-8-17(9-7-16)27(2)26)24-20-10-5-15(13-23-20)12-19-18-4-3-11-22-21(18)25-19/h3-11,13-14H,12H2,1-2H3,(H,23,24). The van der Waals surface area contributed by atoms with Gasteiger partial charge in [0.15, 0.2) is 5.82 Å². The molecule has 1 aromatic carbocycles. The molecule has 1 atom stereocenters. The SMILES string of the molecule is CC(Nc1ccc(CC2=Nc3ncccc32)cn1)c1ccc([S-](C)#[O+])cc1. The second-order valence-electron chi connectivity index (χ2n) is 6.55. The van der Waals surface area contributed by atoms with Crippen molar-refractivity contribution in [1.82, 2.24) is 9.97 Å². The summed E-state index contributed by atoms with van der Waals surface area (Å²) in [7, 11) is -0.952. The Morgan fingerprint density at radius 2 is 1.89 bits per heavy atom. The van der Waals surface area contributed by atoms with Gasteiger partial charge < -0.3 is 0 Å². The molecule has 6 heteroatoms. The number of benzene rings is 1. The molecule has 0 aliphatic carbocycles. The third-order valence-corrected chi connectivity index (χ3v) is 5.55. The number of rotatable bonds is 5. The van der Waals surface area contributed by atoms with Crippen LogP contribution >= 0.6 is 0 Å². The summed E-state index contributed by atoms with van der Waals surface area (Å²) in [4.78, 5) is 14.0. The molecule has 0 bridgehead atoms. The van der Waals surface area contributed by atoms with E-state index in [1.807, 2.05) is 42.6 Å². The summed E-state index contributed by atoms with van der Waals surface area (Å²) >= 11 is 0. The summed E-state index contributed by atoms with van der Waals surface area (Å²) < 4.78 is 11.5. The summed E-state index contributed by atoms with van der Waals surface area (Å²) in [6.45, 7) is 2.08. The number of aliphatic imine (C=N–C) groups is 1. The van der Waals surface area contributed by atoms with Crippen LogP contribution in [0.15, 0.2) is 70.8 Å². The summed E-state index contributed by atoms with van der Waals surface area (Å²) in [6, 6.07) is 16.0. The van der Waals surface area contributed by atoms with Crippen molar-refractivity contribution < 1.29 is 4.04 Å². The minimum absolute atomic E-state index is 0.108. The van der Waals surface area contributed by atoms with Gasteiger partial charge in [-0.25, -0.2) is 9.98 Å². The van der Waals surface area contributed by atoms with Gasteiger partial charge in [-0.05, 0) is 12.1 Å². The Balaban J connectivity index is 1.39. The fourth-order valence-corrected chi connectivity index (χ4v) is 3.56. The maximum absolute atomic E-state index is 11.5. The van der Waals surface area contributed by atoms with Crippen LogP contribution in [0.4, 0.5) is 11.6 Å². The molecule has 2 aromatic heterocycles. The Labute approximate surface area is 160 Å². The van der Waals surface area contributed by atoms with E-state index in [1.54, 1.807) is 12.5 Å². The Kier molecular flexibility index (Phi) is 4.92. The van der Waals surface area contributed by atoms with Crippen molar-refractivity contribution in [3.8, 4) is 0 Å². The van der Waals surface area contributed by atoms with E-state index >= 15 is 0 Å². The van der Waals surface area contributed by atoms with E-state index in [1.165, 1.54) is 0 Å². The number of pyridine rings is 2. The molecule has 1 aliphatic rings. The van der Waals surface area contributed by atoms with E-state index in [-0.39, 0.29) is 6.04 Å². The fraction of sp³-hybridized carbons (Fsp3) is 0.190. The molecule has 1 unspecified atom stereocenters. The monoisotopic (exact) mass is 376 g/mol. The Morgan fingerprint density at radius 1 is 1.07 bits per heavy atom. The van der Waals surface area contributed by atoms with Gasteiger partial charge in [-0.2, -0.15) is 0 Å². The molecule has 136 valence electrons. The van der Waals surface area contributed by atoms with Crippen molar-refractivity contribution in [3.63, 3.8) is 0 Å². The van der Waals surface area contributed by atoms with Gasteiger partial charge in [0.05, 0.1) is 5.71 Å². The first-order valence-electron chi connectivity index (χ1n) is 8.78. The molecular weight excluding hydrogens is 356 g/mol. The van der Waals surface area contributed by atoms with Crippen LogP contribution in [-0.2, 0) is 21.1 Å². The van der Waals surface area contributed by atoms with E-state index in [4.69, 9.17) is 0 Å². The first-order valence-corrected chi connectivity index (χ1v) is 10.3. The zero-order valence-electron chi connectivity index (χ0n) is 15.2. The van der Waals surface area contributed by atoms with Gasteiger partial charge in [-0.3, -0.25) is 0 Å². The van der Waals surface area contributed by atoms with Gasteiger partial charge in [0.2, 0.25) is 0 Å². The molecule has 27 heavy (non-hydrogen) atoms. The predicted molar refractivity (Wildman–Crippen MR) is 109 cm³/mol. The second kappa shape index (κ2) is 7.50. The molecule has 0 spiro atoms. The number of hydrogen-bond donors (Lipinski definition) is 1. The van der Waals surface area contributed by atoms with Gasteiger partial charge in [0.1, 0.15) is 0 Å².